The van der Waals surface area contributed by atoms with Crippen molar-refractivity contribution in [1.29, 1.82) is 0 Å². The SMILES string of the molecule is CC(C)([O-])COC(C)(C)C.[K+]. The van der Waals surface area contributed by atoms with Gasteiger partial charge in [0.2, 0.25) is 0 Å². The van der Waals surface area contributed by atoms with Gasteiger partial charge >= 0.3 is 51.4 Å². The molecule has 0 heterocycles. The van der Waals surface area contributed by atoms with Gasteiger partial charge in [-0.1, -0.05) is 19.4 Å². The van der Waals surface area contributed by atoms with Gasteiger partial charge in [-0.3, -0.25) is 0 Å². The summed E-state index contributed by atoms with van der Waals surface area (Å²) in [5.74, 6) is 0. The van der Waals surface area contributed by atoms with Crippen LogP contribution in [0.25, 0.3) is 0 Å². The first kappa shape index (κ1) is 15.0. The fourth-order valence-electron chi connectivity index (χ4n) is 0.390. The van der Waals surface area contributed by atoms with Gasteiger partial charge in [-0.2, -0.15) is 0 Å². The van der Waals surface area contributed by atoms with Crippen LogP contribution >= 0.6 is 0 Å². The number of hydrogen-bond acceptors (Lipinski definition) is 2. The van der Waals surface area contributed by atoms with Crippen LogP contribution in [-0.2, 0) is 4.74 Å². The Morgan fingerprint density at radius 3 is 1.55 bits per heavy atom. The summed E-state index contributed by atoms with van der Waals surface area (Å²) in [6, 6.07) is 0. The summed E-state index contributed by atoms with van der Waals surface area (Å²) in [5.41, 5.74) is -1.16. The van der Waals surface area contributed by atoms with Crippen molar-refractivity contribution in [3.05, 3.63) is 0 Å². The first-order chi connectivity index (χ1) is 4.21. The third-order valence-corrected chi connectivity index (χ3v) is 0.853. The maximum Gasteiger partial charge on any atom is 1.00 e. The second kappa shape index (κ2) is 5.32. The third-order valence-electron chi connectivity index (χ3n) is 0.853. The average molecular weight is 184 g/mol. The van der Waals surface area contributed by atoms with Crippen LogP contribution < -0.4 is 56.5 Å². The summed E-state index contributed by atoms with van der Waals surface area (Å²) < 4.78 is 5.28. The molecule has 0 N–H and O–H groups in total. The monoisotopic (exact) mass is 184 g/mol. The second-order valence-electron chi connectivity index (χ2n) is 4.16. The maximum atomic E-state index is 11.0. The Morgan fingerprint density at radius 2 is 1.45 bits per heavy atom. The third kappa shape index (κ3) is 14.4. The van der Waals surface area contributed by atoms with Gasteiger partial charge in [0.05, 0.1) is 5.60 Å². The van der Waals surface area contributed by atoms with E-state index in [-0.39, 0.29) is 63.6 Å². The predicted octanol–water partition coefficient (Wildman–Crippen LogP) is -2.06. The molecule has 11 heavy (non-hydrogen) atoms. The average Bonchev–Trinajstić information content (AvgIpc) is 1.57. The summed E-state index contributed by atoms with van der Waals surface area (Å²) in [5, 5.41) is 11.0. The number of hydrogen-bond donors (Lipinski definition) is 0. The van der Waals surface area contributed by atoms with Crippen LogP contribution in [0.2, 0.25) is 0 Å². The van der Waals surface area contributed by atoms with Crippen molar-refractivity contribution in [3.63, 3.8) is 0 Å². The van der Waals surface area contributed by atoms with Crippen LogP contribution in [0.3, 0.4) is 0 Å². The molecule has 2 nitrogen and oxygen atoms in total. The first-order valence-corrected chi connectivity index (χ1v) is 3.55. The van der Waals surface area contributed by atoms with Crippen LogP contribution in [0.15, 0.2) is 0 Å². The molecule has 0 amide bonds. The standard InChI is InChI=1S/C8H17O2.K/c1-7(2,3)10-6-8(4,5)9;/h6H2,1-5H3;/q-1;+1. The summed E-state index contributed by atoms with van der Waals surface area (Å²) >= 11 is 0. The fourth-order valence-corrected chi connectivity index (χ4v) is 0.390. The Bertz CT molecular complexity index is 85.6. The normalized spacial score (nSPS) is 12.5. The summed E-state index contributed by atoms with van der Waals surface area (Å²) in [7, 11) is 0. The molecule has 0 atom stereocenters. The van der Waals surface area contributed by atoms with Crippen LogP contribution in [0.1, 0.15) is 34.6 Å². The van der Waals surface area contributed by atoms with Gasteiger partial charge in [0.25, 0.3) is 0 Å². The van der Waals surface area contributed by atoms with Gasteiger partial charge in [0.1, 0.15) is 0 Å². The zero-order valence-electron chi connectivity index (χ0n) is 8.52. The molecule has 0 aliphatic heterocycles. The Morgan fingerprint density at radius 1 is 1.09 bits per heavy atom. The topological polar surface area (TPSA) is 32.3 Å². The van der Waals surface area contributed by atoms with Crippen LogP contribution in [0.5, 0.6) is 0 Å². The molecule has 0 aromatic rings. The Hall–Kier alpha value is 1.56. The molecule has 0 bridgehead atoms. The van der Waals surface area contributed by atoms with Gasteiger partial charge < -0.3 is 9.84 Å². The van der Waals surface area contributed by atoms with E-state index in [1.807, 2.05) is 20.8 Å². The molecule has 0 radical (unpaired) electrons. The van der Waals surface area contributed by atoms with E-state index in [9.17, 15) is 5.11 Å². The Labute approximate surface area is 112 Å². The Balaban J connectivity index is 0. The molecule has 3 heteroatoms. The van der Waals surface area contributed by atoms with Gasteiger partial charge in [0, 0.05) is 6.61 Å². The predicted molar refractivity (Wildman–Crippen MR) is 39.8 cm³/mol. The van der Waals surface area contributed by atoms with Crippen molar-refractivity contribution in [2.24, 2.45) is 0 Å². The van der Waals surface area contributed by atoms with E-state index in [2.05, 4.69) is 0 Å². The number of rotatable bonds is 2. The molecular formula is C8H17KO2. The minimum Gasteiger partial charge on any atom is -0.848 e. The van der Waals surface area contributed by atoms with Crippen LogP contribution in [0, 0.1) is 0 Å². The minimum atomic E-state index is -0.965. The van der Waals surface area contributed by atoms with Crippen molar-refractivity contribution in [3.8, 4) is 0 Å². The molecule has 0 rings (SSSR count). The first-order valence-electron chi connectivity index (χ1n) is 3.55. The maximum absolute atomic E-state index is 11.0. The van der Waals surface area contributed by atoms with Crippen molar-refractivity contribution < 1.29 is 61.2 Å². The summed E-state index contributed by atoms with van der Waals surface area (Å²) in [4.78, 5) is 0. The fraction of sp³-hybridized carbons (Fsp3) is 1.00. The van der Waals surface area contributed by atoms with E-state index >= 15 is 0 Å². The quantitative estimate of drug-likeness (QED) is 0.463. The molecule has 0 aliphatic rings. The van der Waals surface area contributed by atoms with E-state index in [4.69, 9.17) is 4.74 Å². The van der Waals surface area contributed by atoms with Crippen molar-refractivity contribution in [2.75, 3.05) is 6.61 Å². The van der Waals surface area contributed by atoms with Gasteiger partial charge in [0.15, 0.2) is 0 Å². The molecule has 0 unspecified atom stereocenters. The molecule has 0 saturated carbocycles. The van der Waals surface area contributed by atoms with E-state index in [1.54, 1.807) is 13.8 Å². The van der Waals surface area contributed by atoms with Crippen LogP contribution in [0.4, 0.5) is 0 Å². The van der Waals surface area contributed by atoms with Gasteiger partial charge in [-0.15, -0.1) is 0 Å². The number of ether oxygens (including phenoxy) is 1. The molecule has 0 fully saturated rings. The summed E-state index contributed by atoms with van der Waals surface area (Å²) in [6.07, 6.45) is 0. The van der Waals surface area contributed by atoms with E-state index in [0.29, 0.717) is 0 Å². The van der Waals surface area contributed by atoms with Crippen LogP contribution in [-0.4, -0.2) is 17.8 Å². The molecule has 0 aromatic heterocycles. The van der Waals surface area contributed by atoms with E-state index in [1.165, 1.54) is 0 Å². The molecule has 0 saturated heterocycles. The smallest absolute Gasteiger partial charge is 0.848 e. The van der Waals surface area contributed by atoms with Crippen molar-refractivity contribution in [2.45, 2.75) is 45.8 Å². The Kier molecular flexibility index (Phi) is 7.28. The van der Waals surface area contributed by atoms with Crippen molar-refractivity contribution >= 4 is 0 Å². The molecule has 62 valence electrons. The largest absolute Gasteiger partial charge is 1.00 e. The zero-order chi connectivity index (χ0) is 8.41. The summed E-state index contributed by atoms with van der Waals surface area (Å²) in [6.45, 7) is 9.35. The molecule has 0 aromatic carbocycles. The van der Waals surface area contributed by atoms with Gasteiger partial charge in [-0.25, -0.2) is 0 Å². The van der Waals surface area contributed by atoms with Gasteiger partial charge in [-0.05, 0) is 20.8 Å². The molecule has 0 aliphatic carbocycles. The molecular weight excluding hydrogens is 167 g/mol. The molecule has 0 spiro atoms. The van der Waals surface area contributed by atoms with E-state index in [0.717, 1.165) is 0 Å². The van der Waals surface area contributed by atoms with Crippen molar-refractivity contribution in [1.82, 2.24) is 0 Å². The van der Waals surface area contributed by atoms with E-state index < -0.39 is 5.60 Å². The zero-order valence-corrected chi connectivity index (χ0v) is 11.6. The minimum absolute atomic E-state index is 0. The second-order valence-corrected chi connectivity index (χ2v) is 4.16.